The van der Waals surface area contributed by atoms with Crippen molar-refractivity contribution in [2.45, 2.75) is 17.4 Å². The van der Waals surface area contributed by atoms with Gasteiger partial charge in [-0.25, -0.2) is 8.42 Å². The molecule has 0 bridgehead atoms. The van der Waals surface area contributed by atoms with Crippen molar-refractivity contribution in [3.05, 3.63) is 48.0 Å². The molecule has 3 aliphatic heterocycles. The lowest BCUT2D eigenvalue weighted by Crippen LogP contribution is -2.58. The number of piperazine rings is 1. The first-order valence-electron chi connectivity index (χ1n) is 9.80. The third-order valence-corrected chi connectivity index (χ3v) is 7.76. The van der Waals surface area contributed by atoms with Gasteiger partial charge >= 0.3 is 0 Å². The quantitative estimate of drug-likeness (QED) is 0.789. The SMILES string of the molecule is O=S(=O)(c1cccc(-c2cccc3c2OCC3)c1)N1CCN2CCOCC2C1. The zero-order valence-corrected chi connectivity index (χ0v) is 16.5. The van der Waals surface area contributed by atoms with Gasteiger partial charge in [0.15, 0.2) is 0 Å². The fourth-order valence-electron chi connectivity index (χ4n) is 4.35. The van der Waals surface area contributed by atoms with Gasteiger partial charge in [-0.1, -0.05) is 30.3 Å². The average Bonchev–Trinajstić information content (AvgIpc) is 3.22. The third kappa shape index (κ3) is 3.12. The summed E-state index contributed by atoms with van der Waals surface area (Å²) in [6.07, 6.45) is 0.898. The molecule has 3 aliphatic rings. The summed E-state index contributed by atoms with van der Waals surface area (Å²) in [6.45, 7) is 4.65. The van der Waals surface area contributed by atoms with E-state index < -0.39 is 10.0 Å². The van der Waals surface area contributed by atoms with Crippen LogP contribution in [0.2, 0.25) is 0 Å². The molecular formula is C21H24N2O4S. The predicted octanol–water partition coefficient (Wildman–Crippen LogP) is 1.99. The number of morpholine rings is 1. The second-order valence-corrected chi connectivity index (χ2v) is 9.49. The first-order chi connectivity index (χ1) is 13.6. The van der Waals surface area contributed by atoms with Crippen LogP contribution in [0.1, 0.15) is 5.56 Å². The van der Waals surface area contributed by atoms with Crippen molar-refractivity contribution in [3.8, 4) is 16.9 Å². The van der Waals surface area contributed by atoms with Crippen LogP contribution in [0.4, 0.5) is 0 Å². The minimum atomic E-state index is -3.55. The van der Waals surface area contributed by atoms with Crippen LogP contribution in [-0.4, -0.2) is 69.7 Å². The summed E-state index contributed by atoms with van der Waals surface area (Å²) in [5.41, 5.74) is 3.01. The van der Waals surface area contributed by atoms with E-state index in [1.54, 1.807) is 16.4 Å². The Kier molecular flexibility index (Phi) is 4.63. The number of hydrogen-bond donors (Lipinski definition) is 0. The zero-order valence-electron chi connectivity index (χ0n) is 15.7. The van der Waals surface area contributed by atoms with Crippen LogP contribution < -0.4 is 4.74 Å². The van der Waals surface area contributed by atoms with Crippen molar-refractivity contribution in [1.82, 2.24) is 9.21 Å². The topological polar surface area (TPSA) is 59.1 Å². The van der Waals surface area contributed by atoms with E-state index in [4.69, 9.17) is 9.47 Å². The van der Waals surface area contributed by atoms with Crippen molar-refractivity contribution in [2.75, 3.05) is 46.0 Å². The molecule has 0 saturated carbocycles. The second-order valence-electron chi connectivity index (χ2n) is 7.55. The number of hydrogen-bond acceptors (Lipinski definition) is 5. The van der Waals surface area contributed by atoms with Crippen molar-refractivity contribution >= 4 is 10.0 Å². The minimum absolute atomic E-state index is 0.145. The molecule has 2 fully saturated rings. The first kappa shape index (κ1) is 18.1. The monoisotopic (exact) mass is 400 g/mol. The summed E-state index contributed by atoms with van der Waals surface area (Å²) < 4.78 is 39.6. The van der Waals surface area contributed by atoms with Gasteiger partial charge in [0.1, 0.15) is 5.75 Å². The third-order valence-electron chi connectivity index (χ3n) is 5.90. The Morgan fingerprint density at radius 3 is 2.82 bits per heavy atom. The molecule has 2 aromatic carbocycles. The van der Waals surface area contributed by atoms with Gasteiger partial charge in [0, 0.05) is 44.2 Å². The molecule has 1 atom stereocenters. The summed E-state index contributed by atoms with van der Waals surface area (Å²) in [4.78, 5) is 2.67. The van der Waals surface area contributed by atoms with Gasteiger partial charge in [-0.3, -0.25) is 4.90 Å². The molecule has 6 nitrogen and oxygen atoms in total. The van der Waals surface area contributed by atoms with E-state index >= 15 is 0 Å². The summed E-state index contributed by atoms with van der Waals surface area (Å²) in [5, 5.41) is 0. The Bertz CT molecular complexity index is 992. The van der Waals surface area contributed by atoms with Gasteiger partial charge < -0.3 is 9.47 Å². The standard InChI is InChI=1S/C21H24N2O4S/c24-28(25,23-9-8-22-10-12-26-15-18(22)14-23)19-5-1-4-17(13-19)20-6-2-3-16-7-11-27-21(16)20/h1-6,13,18H,7-12,14-15H2. The summed E-state index contributed by atoms with van der Waals surface area (Å²) in [5.74, 6) is 0.880. The van der Waals surface area contributed by atoms with E-state index in [9.17, 15) is 8.42 Å². The molecule has 3 heterocycles. The summed E-state index contributed by atoms with van der Waals surface area (Å²) in [7, 11) is -3.55. The van der Waals surface area contributed by atoms with E-state index in [2.05, 4.69) is 11.0 Å². The van der Waals surface area contributed by atoms with Gasteiger partial charge in [0.05, 0.1) is 24.7 Å². The smallest absolute Gasteiger partial charge is 0.243 e. The largest absolute Gasteiger partial charge is 0.492 e. The molecule has 0 aliphatic carbocycles. The predicted molar refractivity (Wildman–Crippen MR) is 106 cm³/mol. The molecule has 0 radical (unpaired) electrons. The molecule has 0 spiro atoms. The van der Waals surface area contributed by atoms with Crippen molar-refractivity contribution in [2.24, 2.45) is 0 Å². The second kappa shape index (κ2) is 7.15. The normalized spacial score (nSPS) is 23.1. The Morgan fingerprint density at radius 2 is 1.89 bits per heavy atom. The number of ether oxygens (including phenoxy) is 2. The molecule has 28 heavy (non-hydrogen) atoms. The zero-order chi connectivity index (χ0) is 19.1. The Hall–Kier alpha value is -1.93. The molecule has 148 valence electrons. The lowest BCUT2D eigenvalue weighted by molar-refractivity contribution is -0.0304. The summed E-state index contributed by atoms with van der Waals surface area (Å²) >= 11 is 0. The van der Waals surface area contributed by atoms with Crippen LogP contribution in [0.15, 0.2) is 47.4 Å². The highest BCUT2D eigenvalue weighted by Crippen LogP contribution is 2.37. The first-order valence-corrected chi connectivity index (χ1v) is 11.2. The molecule has 5 rings (SSSR count). The fraction of sp³-hybridized carbons (Fsp3) is 0.429. The van der Waals surface area contributed by atoms with E-state index in [-0.39, 0.29) is 6.04 Å². The fourth-order valence-corrected chi connectivity index (χ4v) is 5.87. The van der Waals surface area contributed by atoms with Crippen molar-refractivity contribution in [3.63, 3.8) is 0 Å². The van der Waals surface area contributed by atoms with E-state index in [1.807, 2.05) is 24.3 Å². The van der Waals surface area contributed by atoms with E-state index in [0.29, 0.717) is 31.2 Å². The Labute approximate surface area is 165 Å². The maximum absolute atomic E-state index is 13.3. The molecule has 1 unspecified atom stereocenters. The van der Waals surface area contributed by atoms with Crippen LogP contribution in [0, 0.1) is 0 Å². The molecule has 2 aromatic rings. The van der Waals surface area contributed by atoms with Gasteiger partial charge in [0.25, 0.3) is 0 Å². The van der Waals surface area contributed by atoms with Crippen LogP contribution >= 0.6 is 0 Å². The van der Waals surface area contributed by atoms with Crippen LogP contribution in [0.25, 0.3) is 11.1 Å². The highest BCUT2D eigenvalue weighted by atomic mass is 32.2. The van der Waals surface area contributed by atoms with Crippen LogP contribution in [0.3, 0.4) is 0 Å². The number of rotatable bonds is 3. The minimum Gasteiger partial charge on any atom is -0.492 e. The maximum Gasteiger partial charge on any atom is 0.243 e. The highest BCUT2D eigenvalue weighted by molar-refractivity contribution is 7.89. The van der Waals surface area contributed by atoms with Crippen LogP contribution in [0.5, 0.6) is 5.75 Å². The number of benzene rings is 2. The van der Waals surface area contributed by atoms with Gasteiger partial charge in [0.2, 0.25) is 10.0 Å². The molecular weight excluding hydrogens is 376 g/mol. The van der Waals surface area contributed by atoms with Crippen molar-refractivity contribution in [1.29, 1.82) is 0 Å². The molecule has 0 N–H and O–H groups in total. The lowest BCUT2D eigenvalue weighted by atomic mass is 10.0. The number of nitrogens with zero attached hydrogens (tertiary/aromatic N) is 2. The van der Waals surface area contributed by atoms with Crippen LogP contribution in [-0.2, 0) is 21.2 Å². The number of para-hydroxylation sites is 1. The molecule has 0 aromatic heterocycles. The molecule has 0 amide bonds. The van der Waals surface area contributed by atoms with E-state index in [0.717, 1.165) is 43.0 Å². The van der Waals surface area contributed by atoms with E-state index in [1.165, 1.54) is 5.56 Å². The molecule has 7 heteroatoms. The van der Waals surface area contributed by atoms with Gasteiger partial charge in [-0.15, -0.1) is 0 Å². The Morgan fingerprint density at radius 1 is 1.00 bits per heavy atom. The maximum atomic E-state index is 13.3. The Balaban J connectivity index is 1.45. The van der Waals surface area contributed by atoms with Gasteiger partial charge in [-0.2, -0.15) is 4.31 Å². The van der Waals surface area contributed by atoms with Gasteiger partial charge in [-0.05, 0) is 23.3 Å². The molecule has 2 saturated heterocycles. The lowest BCUT2D eigenvalue weighted by Gasteiger charge is -2.43. The highest BCUT2D eigenvalue weighted by Gasteiger charge is 2.35. The number of sulfonamides is 1. The number of fused-ring (bicyclic) bond motifs is 2. The van der Waals surface area contributed by atoms with Crippen molar-refractivity contribution < 1.29 is 17.9 Å². The average molecular weight is 401 g/mol. The summed E-state index contributed by atoms with van der Waals surface area (Å²) in [6, 6.07) is 13.4.